The summed E-state index contributed by atoms with van der Waals surface area (Å²) in [7, 11) is 0. The molecule has 0 radical (unpaired) electrons. The number of aromatic nitrogens is 2. The van der Waals surface area contributed by atoms with E-state index in [0.29, 0.717) is 6.54 Å². The summed E-state index contributed by atoms with van der Waals surface area (Å²) in [6, 6.07) is 8.82. The van der Waals surface area contributed by atoms with Crippen molar-refractivity contribution in [2.24, 2.45) is 0 Å². The van der Waals surface area contributed by atoms with E-state index in [1.807, 2.05) is 17.1 Å². The van der Waals surface area contributed by atoms with Gasteiger partial charge >= 0.3 is 0 Å². The zero-order valence-corrected chi connectivity index (χ0v) is 13.2. The monoisotopic (exact) mass is 300 g/mol. The van der Waals surface area contributed by atoms with E-state index in [1.54, 1.807) is 6.20 Å². The average Bonchev–Trinajstić information content (AvgIpc) is 3.03. The van der Waals surface area contributed by atoms with Gasteiger partial charge in [0.25, 0.3) is 0 Å². The number of benzene rings is 1. The maximum Gasteiger partial charge on any atom is 0.190 e. The fraction of sp³-hybridized carbons (Fsp3) is 0.500. The highest BCUT2D eigenvalue weighted by Crippen LogP contribution is 2.26. The van der Waals surface area contributed by atoms with Gasteiger partial charge in [0.15, 0.2) is 5.79 Å². The number of hydrogen-bond acceptors (Lipinski definition) is 3. The van der Waals surface area contributed by atoms with Crippen LogP contribution in [0.15, 0.2) is 43.0 Å². The topological polar surface area (TPSA) is 36.3 Å². The van der Waals surface area contributed by atoms with Crippen molar-refractivity contribution in [3.63, 3.8) is 0 Å². The number of rotatable bonds is 6. The van der Waals surface area contributed by atoms with Crippen LogP contribution in [0.1, 0.15) is 30.9 Å². The second-order valence-electron chi connectivity index (χ2n) is 5.94. The minimum absolute atomic E-state index is 0.578. The van der Waals surface area contributed by atoms with Gasteiger partial charge in [-0.05, 0) is 24.0 Å². The summed E-state index contributed by atoms with van der Waals surface area (Å²) in [5.74, 6) is -0.578. The van der Waals surface area contributed by atoms with Crippen molar-refractivity contribution in [1.29, 1.82) is 0 Å². The van der Waals surface area contributed by atoms with Crippen LogP contribution in [0.3, 0.4) is 0 Å². The van der Waals surface area contributed by atoms with Gasteiger partial charge in [-0.1, -0.05) is 37.6 Å². The Labute approximate surface area is 132 Å². The van der Waals surface area contributed by atoms with E-state index >= 15 is 0 Å². The van der Waals surface area contributed by atoms with Crippen LogP contribution in [-0.2, 0) is 28.9 Å². The molecule has 2 heterocycles. The van der Waals surface area contributed by atoms with Gasteiger partial charge in [0.2, 0.25) is 0 Å². The lowest BCUT2D eigenvalue weighted by molar-refractivity contribution is -0.272. The van der Waals surface area contributed by atoms with E-state index in [1.165, 1.54) is 17.5 Å². The maximum absolute atomic E-state index is 6.05. The van der Waals surface area contributed by atoms with E-state index in [0.717, 1.165) is 32.5 Å². The number of aryl methyl sites for hydroxylation is 1. The summed E-state index contributed by atoms with van der Waals surface area (Å²) in [4.78, 5) is 4.11. The lowest BCUT2D eigenvalue weighted by atomic mass is 10.0. The molecule has 1 aromatic carbocycles. The average molecular weight is 300 g/mol. The van der Waals surface area contributed by atoms with E-state index in [2.05, 4.69) is 36.2 Å². The van der Waals surface area contributed by atoms with Gasteiger partial charge in [-0.2, -0.15) is 0 Å². The molecule has 0 N–H and O–H groups in total. The predicted octanol–water partition coefficient (Wildman–Crippen LogP) is 3.21. The summed E-state index contributed by atoms with van der Waals surface area (Å²) in [5, 5.41) is 0. The van der Waals surface area contributed by atoms with Crippen LogP contribution >= 0.6 is 0 Å². The van der Waals surface area contributed by atoms with Crippen molar-refractivity contribution in [2.75, 3.05) is 13.2 Å². The van der Waals surface area contributed by atoms with E-state index in [4.69, 9.17) is 9.47 Å². The zero-order chi connectivity index (χ0) is 15.3. The van der Waals surface area contributed by atoms with Crippen LogP contribution in [-0.4, -0.2) is 28.6 Å². The third-order valence-electron chi connectivity index (χ3n) is 4.04. The number of imidazole rings is 1. The Morgan fingerprint density at radius 2 is 1.86 bits per heavy atom. The molecule has 1 aliphatic rings. The van der Waals surface area contributed by atoms with Crippen LogP contribution in [0.4, 0.5) is 0 Å². The maximum atomic E-state index is 6.05. The van der Waals surface area contributed by atoms with Gasteiger partial charge in [0.05, 0.1) is 26.1 Å². The quantitative estimate of drug-likeness (QED) is 0.822. The Morgan fingerprint density at radius 3 is 2.50 bits per heavy atom. The van der Waals surface area contributed by atoms with Crippen LogP contribution < -0.4 is 0 Å². The molecule has 0 unspecified atom stereocenters. The summed E-state index contributed by atoms with van der Waals surface area (Å²) < 4.78 is 14.1. The van der Waals surface area contributed by atoms with Crippen molar-refractivity contribution in [3.8, 4) is 0 Å². The minimum Gasteiger partial charge on any atom is -0.348 e. The Morgan fingerprint density at radius 1 is 1.14 bits per heavy atom. The van der Waals surface area contributed by atoms with E-state index in [9.17, 15) is 0 Å². The molecule has 1 aromatic heterocycles. The molecular weight excluding hydrogens is 276 g/mol. The summed E-state index contributed by atoms with van der Waals surface area (Å²) >= 11 is 0. The van der Waals surface area contributed by atoms with E-state index < -0.39 is 5.79 Å². The molecule has 0 bridgehead atoms. The van der Waals surface area contributed by atoms with Crippen molar-refractivity contribution in [3.05, 3.63) is 54.1 Å². The molecular formula is C18H24N2O2. The second-order valence-corrected chi connectivity index (χ2v) is 5.94. The lowest BCUT2D eigenvalue weighted by Crippen LogP contribution is -2.46. The van der Waals surface area contributed by atoms with Gasteiger partial charge in [0, 0.05) is 18.8 Å². The van der Waals surface area contributed by atoms with Crippen LogP contribution in [0.25, 0.3) is 0 Å². The second kappa shape index (κ2) is 7.07. The molecule has 1 fully saturated rings. The number of hydrogen-bond donors (Lipinski definition) is 0. The Hall–Kier alpha value is -1.65. The molecule has 0 atom stereocenters. The first-order valence-electron chi connectivity index (χ1n) is 8.11. The fourth-order valence-electron chi connectivity index (χ4n) is 2.95. The molecule has 4 nitrogen and oxygen atoms in total. The highest BCUT2D eigenvalue weighted by Gasteiger charge is 2.35. The molecule has 2 aromatic rings. The van der Waals surface area contributed by atoms with Crippen molar-refractivity contribution >= 4 is 0 Å². The summed E-state index contributed by atoms with van der Waals surface area (Å²) in [5.41, 5.74) is 2.64. The number of ether oxygens (including phenoxy) is 2. The van der Waals surface area contributed by atoms with Gasteiger partial charge in [-0.25, -0.2) is 4.98 Å². The van der Waals surface area contributed by atoms with Gasteiger partial charge in [-0.3, -0.25) is 0 Å². The van der Waals surface area contributed by atoms with Crippen LogP contribution in [0.5, 0.6) is 0 Å². The Kier molecular flexibility index (Phi) is 4.90. The molecule has 0 spiro atoms. The smallest absolute Gasteiger partial charge is 0.190 e. The van der Waals surface area contributed by atoms with Gasteiger partial charge in [0.1, 0.15) is 0 Å². The highest BCUT2D eigenvalue weighted by molar-refractivity contribution is 5.23. The predicted molar refractivity (Wildman–Crippen MR) is 85.6 cm³/mol. The van der Waals surface area contributed by atoms with Crippen molar-refractivity contribution < 1.29 is 9.47 Å². The molecule has 0 amide bonds. The molecule has 4 heteroatoms. The van der Waals surface area contributed by atoms with Gasteiger partial charge in [-0.15, -0.1) is 0 Å². The first-order valence-corrected chi connectivity index (χ1v) is 8.11. The first-order chi connectivity index (χ1) is 10.8. The summed E-state index contributed by atoms with van der Waals surface area (Å²) in [6.45, 7) is 4.38. The first kappa shape index (κ1) is 15.3. The number of nitrogens with zero attached hydrogens (tertiary/aromatic N) is 2. The molecule has 1 aliphatic heterocycles. The zero-order valence-electron chi connectivity index (χ0n) is 13.2. The SMILES string of the molecule is CCCc1ccc(CC2(Cn3ccnc3)OCCCO2)cc1. The third-order valence-corrected chi connectivity index (χ3v) is 4.04. The largest absolute Gasteiger partial charge is 0.348 e. The molecule has 118 valence electrons. The third kappa shape index (κ3) is 3.76. The van der Waals surface area contributed by atoms with Crippen molar-refractivity contribution in [1.82, 2.24) is 9.55 Å². The molecule has 0 saturated carbocycles. The summed E-state index contributed by atoms with van der Waals surface area (Å²) in [6.07, 6.45) is 9.58. The van der Waals surface area contributed by atoms with Crippen LogP contribution in [0.2, 0.25) is 0 Å². The van der Waals surface area contributed by atoms with Crippen LogP contribution in [0, 0.1) is 0 Å². The van der Waals surface area contributed by atoms with Gasteiger partial charge < -0.3 is 14.0 Å². The standard InChI is InChI=1S/C18H24N2O2/c1-2-4-16-5-7-17(8-6-16)13-18(21-11-3-12-22-18)14-20-10-9-19-15-20/h5-10,15H,2-4,11-14H2,1H3. The Balaban J connectivity index is 1.74. The Bertz CT molecular complexity index is 557. The molecule has 1 saturated heterocycles. The van der Waals surface area contributed by atoms with E-state index in [-0.39, 0.29) is 0 Å². The molecule has 0 aliphatic carbocycles. The molecule has 22 heavy (non-hydrogen) atoms. The van der Waals surface area contributed by atoms with Crippen molar-refractivity contribution in [2.45, 2.75) is 44.9 Å². The lowest BCUT2D eigenvalue weighted by Gasteiger charge is -2.37. The minimum atomic E-state index is -0.578. The highest BCUT2D eigenvalue weighted by atomic mass is 16.7. The fourth-order valence-corrected chi connectivity index (χ4v) is 2.95. The normalized spacial score (nSPS) is 17.5. The molecule has 3 rings (SSSR count).